The fourth-order valence-electron chi connectivity index (χ4n) is 2.36. The number of hydrogen-bond acceptors (Lipinski definition) is 4. The first-order valence-electron chi connectivity index (χ1n) is 6.54. The summed E-state index contributed by atoms with van der Waals surface area (Å²) in [5, 5.41) is 9.19. The van der Waals surface area contributed by atoms with Gasteiger partial charge in [0.15, 0.2) is 5.89 Å². The van der Waals surface area contributed by atoms with Crippen molar-refractivity contribution in [2.75, 3.05) is 6.54 Å². The summed E-state index contributed by atoms with van der Waals surface area (Å²) in [6.45, 7) is 4.05. The molecule has 6 heteroatoms. The van der Waals surface area contributed by atoms with E-state index in [2.05, 4.69) is 4.98 Å². The van der Waals surface area contributed by atoms with Crippen LogP contribution in [0.2, 0.25) is 0 Å². The quantitative estimate of drug-likeness (QED) is 0.898. The van der Waals surface area contributed by atoms with E-state index in [1.54, 1.807) is 6.92 Å². The molecule has 1 aromatic heterocycles. The zero-order valence-electron chi connectivity index (χ0n) is 11.2. The molecular weight excluding hydrogens is 248 g/mol. The molecule has 0 radical (unpaired) electrons. The second-order valence-electron chi connectivity index (χ2n) is 4.72. The minimum atomic E-state index is -0.957. The van der Waals surface area contributed by atoms with Crippen LogP contribution in [0, 0.1) is 6.92 Å². The number of rotatable bonds is 3. The molecule has 19 heavy (non-hydrogen) atoms. The number of carbonyl (C=O) groups is 2. The van der Waals surface area contributed by atoms with E-state index >= 15 is 0 Å². The van der Waals surface area contributed by atoms with Crippen LogP contribution in [-0.2, 0) is 11.2 Å². The van der Waals surface area contributed by atoms with Crippen molar-refractivity contribution in [1.29, 1.82) is 0 Å². The van der Waals surface area contributed by atoms with Gasteiger partial charge >= 0.3 is 5.97 Å². The van der Waals surface area contributed by atoms with Crippen molar-refractivity contribution in [3.05, 3.63) is 17.3 Å². The highest BCUT2D eigenvalue weighted by atomic mass is 16.4. The molecule has 1 atom stereocenters. The number of oxazole rings is 1. The van der Waals surface area contributed by atoms with Crippen molar-refractivity contribution < 1.29 is 19.1 Å². The summed E-state index contributed by atoms with van der Waals surface area (Å²) in [5.41, 5.74) is 0.525. The van der Waals surface area contributed by atoms with Crippen LogP contribution in [0.15, 0.2) is 4.42 Å². The van der Waals surface area contributed by atoms with Crippen LogP contribution in [0.5, 0.6) is 0 Å². The van der Waals surface area contributed by atoms with Gasteiger partial charge in [0.25, 0.3) is 5.91 Å². The Labute approximate surface area is 111 Å². The van der Waals surface area contributed by atoms with Crippen LogP contribution in [-0.4, -0.2) is 39.5 Å². The van der Waals surface area contributed by atoms with Crippen LogP contribution in [0.4, 0.5) is 0 Å². The molecule has 1 aliphatic heterocycles. The summed E-state index contributed by atoms with van der Waals surface area (Å²) < 4.78 is 5.41. The molecule has 1 N–H and O–H groups in total. The van der Waals surface area contributed by atoms with Gasteiger partial charge in [-0.2, -0.15) is 0 Å². The Morgan fingerprint density at radius 1 is 1.47 bits per heavy atom. The van der Waals surface area contributed by atoms with Crippen LogP contribution < -0.4 is 0 Å². The Hall–Kier alpha value is -1.85. The number of hydrogen-bond donors (Lipinski definition) is 1. The number of nitrogens with zero attached hydrogens (tertiary/aromatic N) is 2. The van der Waals surface area contributed by atoms with Gasteiger partial charge in [0.1, 0.15) is 6.04 Å². The lowest BCUT2D eigenvalue weighted by Gasteiger charge is -2.32. The molecule has 0 bridgehead atoms. The maximum Gasteiger partial charge on any atom is 0.326 e. The molecule has 0 aliphatic carbocycles. The number of carboxylic acids is 1. The van der Waals surface area contributed by atoms with Gasteiger partial charge in [-0.15, -0.1) is 0 Å². The third-order valence-electron chi connectivity index (χ3n) is 3.39. The van der Waals surface area contributed by atoms with Crippen molar-refractivity contribution in [2.45, 2.75) is 45.6 Å². The van der Waals surface area contributed by atoms with Crippen LogP contribution in [0.25, 0.3) is 0 Å². The summed E-state index contributed by atoms with van der Waals surface area (Å²) in [6.07, 6.45) is 2.76. The standard InChI is InChI=1S/C13H18N2O4/c1-3-10-14-8(2)11(19-10)12(16)15-7-5-4-6-9(15)13(17)18/h9H,3-7H2,1-2H3,(H,17,18)/t9-/m1/s1. The van der Waals surface area contributed by atoms with Crippen molar-refractivity contribution >= 4 is 11.9 Å². The Morgan fingerprint density at radius 3 is 2.79 bits per heavy atom. The van der Waals surface area contributed by atoms with E-state index < -0.39 is 12.0 Å². The zero-order valence-corrected chi connectivity index (χ0v) is 11.2. The van der Waals surface area contributed by atoms with Crippen molar-refractivity contribution in [2.24, 2.45) is 0 Å². The average Bonchev–Trinajstić information content (AvgIpc) is 2.79. The van der Waals surface area contributed by atoms with E-state index in [1.165, 1.54) is 4.90 Å². The number of likely N-dealkylation sites (tertiary alicyclic amines) is 1. The zero-order chi connectivity index (χ0) is 14.0. The SMILES string of the molecule is CCc1nc(C)c(C(=O)N2CCCC[C@@H]2C(=O)O)o1. The second kappa shape index (κ2) is 5.42. The summed E-state index contributed by atoms with van der Waals surface area (Å²) >= 11 is 0. The Kier molecular flexibility index (Phi) is 3.87. The number of aliphatic carboxylic acids is 1. The lowest BCUT2D eigenvalue weighted by Crippen LogP contribution is -2.48. The Bertz CT molecular complexity index is 495. The van der Waals surface area contributed by atoms with E-state index in [-0.39, 0.29) is 11.7 Å². The number of aromatic nitrogens is 1. The molecule has 1 aliphatic rings. The average molecular weight is 266 g/mol. The maximum absolute atomic E-state index is 12.4. The van der Waals surface area contributed by atoms with Gasteiger partial charge in [0.2, 0.25) is 5.76 Å². The Balaban J connectivity index is 2.25. The molecule has 0 saturated carbocycles. The molecule has 1 fully saturated rings. The fourth-order valence-corrected chi connectivity index (χ4v) is 2.36. The summed E-state index contributed by atoms with van der Waals surface area (Å²) in [6, 6.07) is -0.754. The summed E-state index contributed by atoms with van der Waals surface area (Å²) in [4.78, 5) is 29.1. The first kappa shape index (κ1) is 13.6. The maximum atomic E-state index is 12.4. The van der Waals surface area contributed by atoms with E-state index in [0.29, 0.717) is 31.0 Å². The van der Waals surface area contributed by atoms with Gasteiger partial charge in [-0.25, -0.2) is 9.78 Å². The first-order valence-corrected chi connectivity index (χ1v) is 6.54. The van der Waals surface area contributed by atoms with E-state index in [0.717, 1.165) is 12.8 Å². The van der Waals surface area contributed by atoms with Gasteiger partial charge in [-0.05, 0) is 26.2 Å². The highest BCUT2D eigenvalue weighted by molar-refractivity contribution is 5.95. The Morgan fingerprint density at radius 2 is 2.21 bits per heavy atom. The first-order chi connectivity index (χ1) is 9.04. The van der Waals surface area contributed by atoms with E-state index in [1.807, 2.05) is 6.92 Å². The molecular formula is C13H18N2O4. The molecule has 6 nitrogen and oxygen atoms in total. The number of amides is 1. The van der Waals surface area contributed by atoms with E-state index in [4.69, 9.17) is 4.42 Å². The lowest BCUT2D eigenvalue weighted by molar-refractivity contribution is -0.143. The normalized spacial score (nSPS) is 19.5. The third kappa shape index (κ3) is 2.62. The van der Waals surface area contributed by atoms with Gasteiger partial charge in [0, 0.05) is 13.0 Å². The largest absolute Gasteiger partial charge is 0.480 e. The minimum absolute atomic E-state index is 0.171. The third-order valence-corrected chi connectivity index (χ3v) is 3.39. The molecule has 0 spiro atoms. The molecule has 2 heterocycles. The topological polar surface area (TPSA) is 83.6 Å². The van der Waals surface area contributed by atoms with Gasteiger partial charge in [-0.1, -0.05) is 6.92 Å². The number of carboxylic acid groups (broad SMARTS) is 1. The molecule has 1 saturated heterocycles. The molecule has 0 unspecified atom stereocenters. The molecule has 1 aromatic rings. The van der Waals surface area contributed by atoms with Crippen molar-refractivity contribution in [3.8, 4) is 0 Å². The van der Waals surface area contributed by atoms with E-state index in [9.17, 15) is 14.7 Å². The fraction of sp³-hybridized carbons (Fsp3) is 0.615. The number of piperidine rings is 1. The molecule has 1 amide bonds. The van der Waals surface area contributed by atoms with Crippen LogP contribution in [0.3, 0.4) is 0 Å². The van der Waals surface area contributed by atoms with Crippen molar-refractivity contribution in [1.82, 2.24) is 9.88 Å². The van der Waals surface area contributed by atoms with Crippen LogP contribution >= 0.6 is 0 Å². The minimum Gasteiger partial charge on any atom is -0.480 e. The smallest absolute Gasteiger partial charge is 0.326 e. The highest BCUT2D eigenvalue weighted by Crippen LogP contribution is 2.22. The second-order valence-corrected chi connectivity index (χ2v) is 4.72. The molecule has 104 valence electrons. The predicted molar refractivity (Wildman–Crippen MR) is 66.9 cm³/mol. The number of aryl methyl sites for hydroxylation is 2. The summed E-state index contributed by atoms with van der Waals surface area (Å²) in [7, 11) is 0. The van der Waals surface area contributed by atoms with Crippen LogP contribution in [0.1, 0.15) is 48.3 Å². The van der Waals surface area contributed by atoms with Crippen molar-refractivity contribution in [3.63, 3.8) is 0 Å². The monoisotopic (exact) mass is 266 g/mol. The molecule has 2 rings (SSSR count). The molecule has 0 aromatic carbocycles. The number of carbonyl (C=O) groups excluding carboxylic acids is 1. The van der Waals surface area contributed by atoms with Gasteiger partial charge in [-0.3, -0.25) is 4.79 Å². The predicted octanol–water partition coefficient (Wildman–Crippen LogP) is 1.62. The lowest BCUT2D eigenvalue weighted by atomic mass is 10.0. The summed E-state index contributed by atoms with van der Waals surface area (Å²) in [5.74, 6) is -0.646. The van der Waals surface area contributed by atoms with Gasteiger partial charge in [0.05, 0.1) is 5.69 Å². The van der Waals surface area contributed by atoms with Gasteiger partial charge < -0.3 is 14.4 Å². The highest BCUT2D eigenvalue weighted by Gasteiger charge is 2.34.